The van der Waals surface area contributed by atoms with Gasteiger partial charge in [-0.15, -0.1) is 11.8 Å². The molecule has 3 rings (SSSR count). The number of thioether (sulfide) groups is 1. The van der Waals surface area contributed by atoms with E-state index in [0.717, 1.165) is 26.8 Å². The number of amides is 5. The van der Waals surface area contributed by atoms with Crippen LogP contribution in [0.2, 0.25) is 0 Å². The van der Waals surface area contributed by atoms with E-state index < -0.39 is 24.4 Å². The summed E-state index contributed by atoms with van der Waals surface area (Å²) in [5.41, 5.74) is 0.779. The number of benzene rings is 1. The van der Waals surface area contributed by atoms with Crippen molar-refractivity contribution in [2.24, 2.45) is 5.92 Å². The molecular formula is C19H23N3O4S. The Morgan fingerprint density at radius 1 is 1.15 bits per heavy atom. The van der Waals surface area contributed by atoms with Gasteiger partial charge < -0.3 is 4.90 Å². The minimum absolute atomic E-state index is 0.0392. The van der Waals surface area contributed by atoms with E-state index in [9.17, 15) is 19.2 Å². The van der Waals surface area contributed by atoms with Crippen LogP contribution in [-0.2, 0) is 14.4 Å². The molecule has 1 aromatic rings. The van der Waals surface area contributed by atoms with Gasteiger partial charge in [-0.1, -0.05) is 32.9 Å². The lowest BCUT2D eigenvalue weighted by atomic mass is 10.2. The minimum Gasteiger partial charge on any atom is -0.310 e. The number of fused-ring (bicyclic) bond motifs is 1. The maximum Gasteiger partial charge on any atom is 0.334 e. The van der Waals surface area contributed by atoms with Crippen LogP contribution in [0, 0.1) is 5.92 Å². The molecule has 1 saturated heterocycles. The number of urea groups is 1. The van der Waals surface area contributed by atoms with Crippen molar-refractivity contribution in [2.75, 3.05) is 24.5 Å². The number of hydrogen-bond donors (Lipinski definition) is 0. The molecule has 5 amide bonds. The number of hydrogen-bond acceptors (Lipinski definition) is 5. The summed E-state index contributed by atoms with van der Waals surface area (Å²) in [5, 5.41) is 0.349. The SMILES string of the molecule is CC(C)CN1C(=O)C(=O)N(CC(=O)N2CC[C@H](C)Sc3ccccc32)C1=O. The second kappa shape index (κ2) is 7.72. The predicted octanol–water partition coefficient (Wildman–Crippen LogP) is 2.35. The molecule has 1 atom stereocenters. The molecule has 1 aromatic carbocycles. The van der Waals surface area contributed by atoms with Crippen molar-refractivity contribution >= 4 is 41.2 Å². The first-order valence-corrected chi connectivity index (χ1v) is 9.91. The lowest BCUT2D eigenvalue weighted by Crippen LogP contribution is -2.44. The van der Waals surface area contributed by atoms with Gasteiger partial charge >= 0.3 is 17.8 Å². The zero-order valence-corrected chi connectivity index (χ0v) is 16.5. The molecule has 7 nitrogen and oxygen atoms in total. The highest BCUT2D eigenvalue weighted by Gasteiger charge is 2.45. The summed E-state index contributed by atoms with van der Waals surface area (Å²) in [4.78, 5) is 54.0. The Hall–Kier alpha value is -2.35. The van der Waals surface area contributed by atoms with E-state index in [-0.39, 0.29) is 18.4 Å². The van der Waals surface area contributed by atoms with Crippen LogP contribution in [0.3, 0.4) is 0 Å². The second-order valence-corrected chi connectivity index (χ2v) is 8.69. The van der Waals surface area contributed by atoms with Crippen LogP contribution in [0.25, 0.3) is 0 Å². The van der Waals surface area contributed by atoms with Gasteiger partial charge in [-0.2, -0.15) is 0 Å². The first-order chi connectivity index (χ1) is 12.8. The van der Waals surface area contributed by atoms with Gasteiger partial charge in [-0.05, 0) is 24.5 Å². The molecule has 0 saturated carbocycles. The van der Waals surface area contributed by atoms with E-state index in [1.807, 2.05) is 38.1 Å². The number of rotatable bonds is 4. The third kappa shape index (κ3) is 3.85. The van der Waals surface area contributed by atoms with Gasteiger partial charge in [-0.3, -0.25) is 19.3 Å². The average molecular weight is 389 g/mol. The van der Waals surface area contributed by atoms with Crippen molar-refractivity contribution in [3.8, 4) is 0 Å². The summed E-state index contributed by atoms with van der Waals surface area (Å²) in [7, 11) is 0. The Kier molecular flexibility index (Phi) is 5.55. The highest BCUT2D eigenvalue weighted by atomic mass is 32.2. The minimum atomic E-state index is -0.931. The molecule has 2 aliphatic rings. The Bertz CT molecular complexity index is 795. The molecule has 144 valence electrons. The Balaban J connectivity index is 1.80. The fourth-order valence-corrected chi connectivity index (χ4v) is 4.30. The molecule has 2 heterocycles. The molecule has 2 aliphatic heterocycles. The van der Waals surface area contributed by atoms with Crippen LogP contribution in [0.15, 0.2) is 29.2 Å². The first-order valence-electron chi connectivity index (χ1n) is 9.03. The van der Waals surface area contributed by atoms with Crippen molar-refractivity contribution in [3.63, 3.8) is 0 Å². The molecule has 1 fully saturated rings. The van der Waals surface area contributed by atoms with Crippen molar-refractivity contribution in [2.45, 2.75) is 37.3 Å². The second-order valence-electron chi connectivity index (χ2n) is 7.21. The fraction of sp³-hybridized carbons (Fsp3) is 0.474. The standard InChI is InChI=1S/C19H23N3O4S/c1-12(2)10-21-17(24)18(25)22(19(21)26)11-16(23)20-9-8-13(3)27-15-7-5-4-6-14(15)20/h4-7,12-13H,8-11H2,1-3H3/t13-/m0/s1. The fourth-order valence-electron chi connectivity index (χ4n) is 3.18. The number of carbonyl (C=O) groups is 4. The van der Waals surface area contributed by atoms with E-state index in [4.69, 9.17) is 0 Å². The Morgan fingerprint density at radius 3 is 2.52 bits per heavy atom. The Morgan fingerprint density at radius 2 is 1.81 bits per heavy atom. The van der Waals surface area contributed by atoms with Crippen molar-refractivity contribution < 1.29 is 19.2 Å². The lowest BCUT2D eigenvalue weighted by molar-refractivity contribution is -0.144. The average Bonchev–Trinajstić information content (AvgIpc) is 2.77. The normalized spacial score (nSPS) is 20.4. The molecule has 0 N–H and O–H groups in total. The van der Waals surface area contributed by atoms with Gasteiger partial charge in [0.25, 0.3) is 0 Å². The molecule has 0 aromatic heterocycles. The molecule has 27 heavy (non-hydrogen) atoms. The highest BCUT2D eigenvalue weighted by molar-refractivity contribution is 8.00. The number of imide groups is 2. The molecule has 0 unspecified atom stereocenters. The monoisotopic (exact) mass is 389 g/mol. The zero-order valence-electron chi connectivity index (χ0n) is 15.7. The summed E-state index contributed by atoms with van der Waals surface area (Å²) in [6.45, 7) is 6.05. The van der Waals surface area contributed by atoms with Crippen LogP contribution in [-0.4, -0.2) is 58.4 Å². The third-order valence-electron chi connectivity index (χ3n) is 4.52. The van der Waals surface area contributed by atoms with E-state index in [1.165, 1.54) is 0 Å². The molecular weight excluding hydrogens is 366 g/mol. The summed E-state index contributed by atoms with van der Waals surface area (Å²) in [6.07, 6.45) is 0.797. The largest absolute Gasteiger partial charge is 0.334 e. The van der Waals surface area contributed by atoms with E-state index >= 15 is 0 Å². The molecule has 0 radical (unpaired) electrons. The zero-order chi connectivity index (χ0) is 19.7. The maximum atomic E-state index is 12.9. The number of carbonyl (C=O) groups excluding carboxylic acids is 4. The van der Waals surface area contributed by atoms with E-state index in [0.29, 0.717) is 11.8 Å². The van der Waals surface area contributed by atoms with Gasteiger partial charge in [0.15, 0.2) is 0 Å². The van der Waals surface area contributed by atoms with Gasteiger partial charge in [-0.25, -0.2) is 9.69 Å². The summed E-state index contributed by atoms with van der Waals surface area (Å²) >= 11 is 1.70. The van der Waals surface area contributed by atoms with Gasteiger partial charge in [0.05, 0.1) is 5.69 Å². The van der Waals surface area contributed by atoms with Crippen LogP contribution >= 0.6 is 11.8 Å². The van der Waals surface area contributed by atoms with Gasteiger partial charge in [0.2, 0.25) is 5.91 Å². The van der Waals surface area contributed by atoms with Crippen LogP contribution in [0.5, 0.6) is 0 Å². The predicted molar refractivity (Wildman–Crippen MR) is 102 cm³/mol. The number of para-hydroxylation sites is 1. The molecule has 0 bridgehead atoms. The van der Waals surface area contributed by atoms with Gasteiger partial charge in [0, 0.05) is 23.2 Å². The number of nitrogens with zero attached hydrogens (tertiary/aromatic N) is 3. The Labute approximate surface area is 162 Å². The maximum absolute atomic E-state index is 12.9. The molecule has 0 aliphatic carbocycles. The summed E-state index contributed by atoms with van der Waals surface area (Å²) in [6, 6.07) is 6.89. The third-order valence-corrected chi connectivity index (χ3v) is 5.76. The van der Waals surface area contributed by atoms with E-state index in [2.05, 4.69) is 6.92 Å². The molecule has 0 spiro atoms. The lowest BCUT2D eigenvalue weighted by Gasteiger charge is -2.24. The van der Waals surface area contributed by atoms with Crippen molar-refractivity contribution in [3.05, 3.63) is 24.3 Å². The quantitative estimate of drug-likeness (QED) is 0.583. The highest BCUT2D eigenvalue weighted by Crippen LogP contribution is 2.37. The first kappa shape index (κ1) is 19.4. The van der Waals surface area contributed by atoms with Crippen LogP contribution < -0.4 is 4.90 Å². The summed E-state index contributed by atoms with van der Waals surface area (Å²) in [5.74, 6) is -2.11. The van der Waals surface area contributed by atoms with E-state index in [1.54, 1.807) is 16.7 Å². The topological polar surface area (TPSA) is 78.0 Å². The van der Waals surface area contributed by atoms with Gasteiger partial charge in [0.1, 0.15) is 6.54 Å². The van der Waals surface area contributed by atoms with Crippen molar-refractivity contribution in [1.29, 1.82) is 0 Å². The molecule has 8 heteroatoms. The summed E-state index contributed by atoms with van der Waals surface area (Å²) < 4.78 is 0. The number of anilines is 1. The van der Waals surface area contributed by atoms with Crippen LogP contribution in [0.4, 0.5) is 10.5 Å². The van der Waals surface area contributed by atoms with Crippen LogP contribution in [0.1, 0.15) is 27.2 Å². The smallest absolute Gasteiger partial charge is 0.310 e. The van der Waals surface area contributed by atoms with Crippen molar-refractivity contribution in [1.82, 2.24) is 9.80 Å².